The van der Waals surface area contributed by atoms with Crippen molar-refractivity contribution in [1.29, 1.82) is 0 Å². The van der Waals surface area contributed by atoms with Crippen molar-refractivity contribution in [2.24, 2.45) is 11.7 Å². The minimum atomic E-state index is -0.288. The lowest BCUT2D eigenvalue weighted by molar-refractivity contribution is -0.125. The van der Waals surface area contributed by atoms with Crippen molar-refractivity contribution in [3.63, 3.8) is 0 Å². The molecule has 6 heteroatoms. The fourth-order valence-electron chi connectivity index (χ4n) is 3.07. The number of nitrogens with two attached hydrogens (primary N) is 1. The predicted octanol–water partition coefficient (Wildman–Crippen LogP) is 2.61. The monoisotopic (exact) mass is 353 g/mol. The molecule has 0 aliphatic carbocycles. The Hall–Kier alpha value is -2.86. The zero-order chi connectivity index (χ0) is 18.4. The number of rotatable bonds is 6. The fraction of sp³-hybridized carbons (Fsp3) is 0.300. The van der Waals surface area contributed by atoms with Gasteiger partial charge >= 0.3 is 0 Å². The molecule has 1 fully saturated rings. The van der Waals surface area contributed by atoms with E-state index in [1.54, 1.807) is 12.1 Å². The summed E-state index contributed by atoms with van der Waals surface area (Å²) in [6, 6.07) is 16.7. The van der Waals surface area contributed by atoms with Crippen molar-refractivity contribution in [3.05, 3.63) is 54.6 Å². The summed E-state index contributed by atoms with van der Waals surface area (Å²) in [6.45, 7) is 1.61. The number of likely N-dealkylation sites (tertiary alicyclic amines) is 1. The molecule has 1 aliphatic rings. The van der Waals surface area contributed by atoms with Gasteiger partial charge < -0.3 is 15.8 Å². The van der Waals surface area contributed by atoms with Crippen LogP contribution in [0.5, 0.6) is 11.5 Å². The largest absolute Gasteiger partial charge is 0.457 e. The van der Waals surface area contributed by atoms with Crippen molar-refractivity contribution in [3.8, 4) is 11.5 Å². The van der Waals surface area contributed by atoms with Crippen molar-refractivity contribution < 1.29 is 14.3 Å². The molecule has 2 aromatic carbocycles. The van der Waals surface area contributed by atoms with Gasteiger partial charge in [-0.15, -0.1) is 0 Å². The van der Waals surface area contributed by atoms with Crippen LogP contribution in [-0.2, 0) is 9.59 Å². The Bertz CT molecular complexity index is 747. The molecule has 0 unspecified atom stereocenters. The third-order valence-corrected chi connectivity index (χ3v) is 4.39. The molecule has 1 atom stereocenters. The second-order valence-corrected chi connectivity index (χ2v) is 6.46. The molecule has 2 amide bonds. The standard InChI is InChI=1S/C20H23N3O3/c21-20(25)15-5-4-12-23(13-15)14-19(24)22-16-8-10-18(11-9-16)26-17-6-2-1-3-7-17/h1-3,6-11,15H,4-5,12-14H2,(H2,21,25)(H,22,24)/t15-/m0/s1. The average molecular weight is 353 g/mol. The summed E-state index contributed by atoms with van der Waals surface area (Å²) >= 11 is 0. The van der Waals surface area contributed by atoms with Crippen LogP contribution in [0.15, 0.2) is 54.6 Å². The Kier molecular flexibility index (Phi) is 5.86. The first kappa shape index (κ1) is 17.9. The first-order chi connectivity index (χ1) is 12.6. The van der Waals surface area contributed by atoms with Crippen molar-refractivity contribution in [1.82, 2.24) is 4.90 Å². The summed E-state index contributed by atoms with van der Waals surface area (Å²) in [5.41, 5.74) is 6.08. The number of benzene rings is 2. The van der Waals surface area contributed by atoms with E-state index in [0.717, 1.165) is 25.1 Å². The smallest absolute Gasteiger partial charge is 0.238 e. The van der Waals surface area contributed by atoms with Gasteiger partial charge in [0.25, 0.3) is 0 Å². The lowest BCUT2D eigenvalue weighted by atomic mass is 9.97. The topological polar surface area (TPSA) is 84.7 Å². The van der Waals surface area contributed by atoms with E-state index in [1.165, 1.54) is 0 Å². The molecule has 0 aromatic heterocycles. The lowest BCUT2D eigenvalue weighted by Gasteiger charge is -2.30. The zero-order valence-electron chi connectivity index (χ0n) is 14.6. The molecule has 136 valence electrons. The number of primary amides is 1. The van der Waals surface area contributed by atoms with Gasteiger partial charge in [0.15, 0.2) is 0 Å². The maximum atomic E-state index is 12.2. The van der Waals surface area contributed by atoms with E-state index in [0.29, 0.717) is 18.0 Å². The third kappa shape index (κ3) is 5.07. The Morgan fingerprint density at radius 2 is 1.77 bits per heavy atom. The highest BCUT2D eigenvalue weighted by molar-refractivity contribution is 5.92. The highest BCUT2D eigenvalue weighted by Crippen LogP contribution is 2.22. The molecule has 1 saturated heterocycles. The van der Waals surface area contributed by atoms with E-state index in [4.69, 9.17) is 10.5 Å². The number of carbonyl (C=O) groups is 2. The Morgan fingerprint density at radius 3 is 2.46 bits per heavy atom. The molecule has 0 saturated carbocycles. The SMILES string of the molecule is NC(=O)[C@H]1CCCN(CC(=O)Nc2ccc(Oc3ccccc3)cc2)C1. The van der Waals surface area contributed by atoms with Crippen LogP contribution in [0.2, 0.25) is 0 Å². The Balaban J connectivity index is 1.50. The molecular weight excluding hydrogens is 330 g/mol. The maximum absolute atomic E-state index is 12.2. The van der Waals surface area contributed by atoms with E-state index in [-0.39, 0.29) is 24.3 Å². The van der Waals surface area contributed by atoms with Gasteiger partial charge in [-0.2, -0.15) is 0 Å². The van der Waals surface area contributed by atoms with Crippen molar-refractivity contribution in [2.45, 2.75) is 12.8 Å². The lowest BCUT2D eigenvalue weighted by Crippen LogP contribution is -2.44. The van der Waals surface area contributed by atoms with E-state index >= 15 is 0 Å². The molecule has 3 N–H and O–H groups in total. The van der Waals surface area contributed by atoms with Crippen LogP contribution in [0.1, 0.15) is 12.8 Å². The fourth-order valence-corrected chi connectivity index (χ4v) is 3.07. The number of carbonyl (C=O) groups excluding carboxylic acids is 2. The van der Waals surface area contributed by atoms with Crippen molar-refractivity contribution >= 4 is 17.5 Å². The number of piperidine rings is 1. The van der Waals surface area contributed by atoms with Gasteiger partial charge in [0.05, 0.1) is 12.5 Å². The van der Waals surface area contributed by atoms with Gasteiger partial charge in [-0.3, -0.25) is 14.5 Å². The number of anilines is 1. The third-order valence-electron chi connectivity index (χ3n) is 4.39. The second-order valence-electron chi connectivity index (χ2n) is 6.46. The van der Waals surface area contributed by atoms with Gasteiger partial charge in [-0.25, -0.2) is 0 Å². The summed E-state index contributed by atoms with van der Waals surface area (Å²) in [5.74, 6) is 0.912. The molecule has 6 nitrogen and oxygen atoms in total. The second kappa shape index (κ2) is 8.49. The highest BCUT2D eigenvalue weighted by Gasteiger charge is 2.25. The summed E-state index contributed by atoms with van der Waals surface area (Å²) in [5, 5.41) is 2.87. The molecule has 3 rings (SSSR count). The minimum Gasteiger partial charge on any atom is -0.457 e. The molecular formula is C20H23N3O3. The highest BCUT2D eigenvalue weighted by atomic mass is 16.5. The minimum absolute atomic E-state index is 0.105. The van der Waals surface area contributed by atoms with E-state index in [2.05, 4.69) is 5.32 Å². The van der Waals surface area contributed by atoms with E-state index in [1.807, 2.05) is 47.4 Å². The van der Waals surface area contributed by atoms with Gasteiger partial charge in [0.2, 0.25) is 11.8 Å². The van der Waals surface area contributed by atoms with Crippen molar-refractivity contribution in [2.75, 3.05) is 25.0 Å². The quantitative estimate of drug-likeness (QED) is 0.836. The number of hydrogen-bond donors (Lipinski definition) is 2. The average Bonchev–Trinajstić information content (AvgIpc) is 2.64. The van der Waals surface area contributed by atoms with Crippen LogP contribution in [0, 0.1) is 5.92 Å². The molecule has 0 radical (unpaired) electrons. The van der Waals surface area contributed by atoms with Gasteiger partial charge in [0, 0.05) is 12.2 Å². The number of ether oxygens (including phenoxy) is 1. The maximum Gasteiger partial charge on any atom is 0.238 e. The molecule has 2 aromatic rings. The van der Waals surface area contributed by atoms with Gasteiger partial charge in [0.1, 0.15) is 11.5 Å². The molecule has 0 bridgehead atoms. The number of nitrogens with zero attached hydrogens (tertiary/aromatic N) is 1. The number of para-hydroxylation sites is 1. The van der Waals surface area contributed by atoms with E-state index < -0.39 is 0 Å². The number of amides is 2. The van der Waals surface area contributed by atoms with Crippen LogP contribution >= 0.6 is 0 Å². The Morgan fingerprint density at radius 1 is 1.08 bits per heavy atom. The molecule has 0 spiro atoms. The summed E-state index contributed by atoms with van der Waals surface area (Å²) in [7, 11) is 0. The van der Waals surface area contributed by atoms with Crippen LogP contribution < -0.4 is 15.8 Å². The summed E-state index contributed by atoms with van der Waals surface area (Å²) in [6.07, 6.45) is 1.68. The van der Waals surface area contributed by atoms with Crippen LogP contribution in [0.4, 0.5) is 5.69 Å². The van der Waals surface area contributed by atoms with E-state index in [9.17, 15) is 9.59 Å². The number of hydrogen-bond acceptors (Lipinski definition) is 4. The first-order valence-corrected chi connectivity index (χ1v) is 8.74. The Labute approximate surface area is 152 Å². The predicted molar refractivity (Wildman–Crippen MR) is 99.9 cm³/mol. The first-order valence-electron chi connectivity index (χ1n) is 8.74. The zero-order valence-corrected chi connectivity index (χ0v) is 14.6. The van der Waals surface area contributed by atoms with Crippen LogP contribution in [0.3, 0.4) is 0 Å². The summed E-state index contributed by atoms with van der Waals surface area (Å²) in [4.78, 5) is 25.5. The molecule has 1 heterocycles. The summed E-state index contributed by atoms with van der Waals surface area (Å²) < 4.78 is 5.73. The van der Waals surface area contributed by atoms with Crippen LogP contribution in [0.25, 0.3) is 0 Å². The number of nitrogens with one attached hydrogen (secondary N) is 1. The van der Waals surface area contributed by atoms with Gasteiger partial charge in [-0.1, -0.05) is 18.2 Å². The van der Waals surface area contributed by atoms with Crippen LogP contribution in [-0.4, -0.2) is 36.3 Å². The molecule has 1 aliphatic heterocycles. The van der Waals surface area contributed by atoms with Gasteiger partial charge in [-0.05, 0) is 55.8 Å². The normalized spacial score (nSPS) is 17.5. The molecule has 26 heavy (non-hydrogen) atoms.